The normalized spacial score (nSPS) is 11.5. The minimum absolute atomic E-state index is 0.110. The van der Waals surface area contributed by atoms with Gasteiger partial charge in [0.05, 0.1) is 5.02 Å². The maximum absolute atomic E-state index is 13.5. The number of carbonyl (C=O) groups excluding carboxylic acids is 3. The minimum Gasteiger partial charge on any atom is -0.452 e. The first kappa shape index (κ1) is 17.9. The first-order chi connectivity index (χ1) is 10.4. The second-order valence-electron chi connectivity index (χ2n) is 4.36. The van der Waals surface area contributed by atoms with E-state index >= 15 is 0 Å². The standard InChI is InChI=1S/C14H16ClFN2O4/c1-3-17-13(20)8(2)18-11(19)7-22-14(21)12-9(15)5-4-6-10(12)16/h4-6,8H,3,7H2,1-2H3,(H,17,20)(H,18,19)/t8-/m1/s1. The second-order valence-corrected chi connectivity index (χ2v) is 4.76. The van der Waals surface area contributed by atoms with Crippen LogP contribution in [-0.4, -0.2) is 37.0 Å². The molecule has 0 bridgehead atoms. The lowest BCUT2D eigenvalue weighted by Gasteiger charge is -2.13. The molecule has 6 nitrogen and oxygen atoms in total. The van der Waals surface area contributed by atoms with Gasteiger partial charge in [-0.25, -0.2) is 9.18 Å². The molecule has 2 amide bonds. The molecule has 120 valence electrons. The highest BCUT2D eigenvalue weighted by Crippen LogP contribution is 2.19. The molecule has 1 aromatic rings. The summed E-state index contributed by atoms with van der Waals surface area (Å²) in [6.45, 7) is 3.01. The summed E-state index contributed by atoms with van der Waals surface area (Å²) in [5.41, 5.74) is -0.436. The fourth-order valence-corrected chi connectivity index (χ4v) is 1.81. The van der Waals surface area contributed by atoms with Crippen LogP contribution in [0.1, 0.15) is 24.2 Å². The maximum atomic E-state index is 13.5. The Kier molecular flexibility index (Phi) is 6.78. The van der Waals surface area contributed by atoms with Crippen LogP contribution in [0.3, 0.4) is 0 Å². The smallest absolute Gasteiger partial charge is 0.343 e. The van der Waals surface area contributed by atoms with Gasteiger partial charge in [0.2, 0.25) is 5.91 Å². The van der Waals surface area contributed by atoms with Crippen molar-refractivity contribution < 1.29 is 23.5 Å². The molecule has 0 saturated heterocycles. The highest BCUT2D eigenvalue weighted by Gasteiger charge is 2.20. The van der Waals surface area contributed by atoms with Gasteiger partial charge in [0, 0.05) is 6.54 Å². The van der Waals surface area contributed by atoms with Crippen LogP contribution in [0.4, 0.5) is 4.39 Å². The molecule has 2 N–H and O–H groups in total. The monoisotopic (exact) mass is 330 g/mol. The Morgan fingerprint density at radius 3 is 2.64 bits per heavy atom. The summed E-state index contributed by atoms with van der Waals surface area (Å²) < 4.78 is 18.2. The van der Waals surface area contributed by atoms with Crippen molar-refractivity contribution in [2.45, 2.75) is 19.9 Å². The molecule has 0 unspecified atom stereocenters. The number of amides is 2. The Bertz CT molecular complexity index is 560. The van der Waals surface area contributed by atoms with E-state index in [1.807, 2.05) is 0 Å². The van der Waals surface area contributed by atoms with Crippen LogP contribution in [0.25, 0.3) is 0 Å². The fraction of sp³-hybridized carbons (Fsp3) is 0.357. The summed E-state index contributed by atoms with van der Waals surface area (Å²) >= 11 is 5.71. The first-order valence-corrected chi connectivity index (χ1v) is 6.92. The number of ether oxygens (including phenoxy) is 1. The van der Waals surface area contributed by atoms with E-state index in [1.165, 1.54) is 19.1 Å². The Morgan fingerprint density at radius 2 is 2.05 bits per heavy atom. The van der Waals surface area contributed by atoms with Gasteiger partial charge in [-0.2, -0.15) is 0 Å². The van der Waals surface area contributed by atoms with E-state index in [0.29, 0.717) is 6.54 Å². The van der Waals surface area contributed by atoms with Crippen LogP contribution in [-0.2, 0) is 14.3 Å². The van der Waals surface area contributed by atoms with Crippen molar-refractivity contribution >= 4 is 29.4 Å². The van der Waals surface area contributed by atoms with Gasteiger partial charge in [-0.3, -0.25) is 9.59 Å². The molecule has 0 aliphatic heterocycles. The first-order valence-electron chi connectivity index (χ1n) is 6.55. The molecule has 0 fully saturated rings. The van der Waals surface area contributed by atoms with Crippen molar-refractivity contribution in [3.05, 3.63) is 34.6 Å². The van der Waals surface area contributed by atoms with E-state index in [-0.39, 0.29) is 10.9 Å². The largest absolute Gasteiger partial charge is 0.452 e. The average molecular weight is 331 g/mol. The van der Waals surface area contributed by atoms with Crippen LogP contribution in [0.15, 0.2) is 18.2 Å². The third-order valence-corrected chi connectivity index (χ3v) is 2.94. The molecular formula is C14H16ClFN2O4. The molecule has 1 aromatic carbocycles. The van der Waals surface area contributed by atoms with Crippen molar-refractivity contribution in [3.63, 3.8) is 0 Å². The van der Waals surface area contributed by atoms with Gasteiger partial charge in [-0.1, -0.05) is 17.7 Å². The zero-order valence-corrected chi connectivity index (χ0v) is 12.9. The summed E-state index contributed by atoms with van der Waals surface area (Å²) in [6.07, 6.45) is 0. The predicted molar refractivity (Wildman–Crippen MR) is 78.0 cm³/mol. The van der Waals surface area contributed by atoms with Crippen LogP contribution >= 0.6 is 11.6 Å². The van der Waals surface area contributed by atoms with E-state index in [0.717, 1.165) is 6.07 Å². The highest BCUT2D eigenvalue weighted by atomic mass is 35.5. The minimum atomic E-state index is -1.05. The van der Waals surface area contributed by atoms with Crippen molar-refractivity contribution in [1.82, 2.24) is 10.6 Å². The Morgan fingerprint density at radius 1 is 1.36 bits per heavy atom. The van der Waals surface area contributed by atoms with Crippen molar-refractivity contribution in [2.24, 2.45) is 0 Å². The number of esters is 1. The van der Waals surface area contributed by atoms with Crippen LogP contribution < -0.4 is 10.6 Å². The molecule has 0 spiro atoms. The van der Waals surface area contributed by atoms with Crippen LogP contribution in [0.5, 0.6) is 0 Å². The van der Waals surface area contributed by atoms with Gasteiger partial charge in [-0.05, 0) is 26.0 Å². The third-order valence-electron chi connectivity index (χ3n) is 2.62. The molecule has 1 atom stereocenters. The molecule has 0 heterocycles. The predicted octanol–water partition coefficient (Wildman–Crippen LogP) is 1.28. The maximum Gasteiger partial charge on any atom is 0.343 e. The molecular weight excluding hydrogens is 315 g/mol. The van der Waals surface area contributed by atoms with E-state index in [9.17, 15) is 18.8 Å². The van der Waals surface area contributed by atoms with E-state index in [4.69, 9.17) is 11.6 Å². The second kappa shape index (κ2) is 8.33. The van der Waals surface area contributed by atoms with E-state index in [1.54, 1.807) is 6.92 Å². The molecule has 22 heavy (non-hydrogen) atoms. The van der Waals surface area contributed by atoms with Crippen LogP contribution in [0, 0.1) is 5.82 Å². The van der Waals surface area contributed by atoms with Gasteiger partial charge in [0.1, 0.15) is 17.4 Å². The number of halogens is 2. The molecule has 0 aliphatic carbocycles. The molecule has 0 aliphatic rings. The van der Waals surface area contributed by atoms with E-state index < -0.39 is 35.9 Å². The molecule has 1 rings (SSSR count). The fourth-order valence-electron chi connectivity index (χ4n) is 1.57. The topological polar surface area (TPSA) is 84.5 Å². The van der Waals surface area contributed by atoms with Crippen molar-refractivity contribution in [2.75, 3.05) is 13.2 Å². The number of nitrogens with one attached hydrogen (secondary N) is 2. The Labute approximate surface area is 132 Å². The zero-order valence-electron chi connectivity index (χ0n) is 12.1. The Hall–Kier alpha value is -2.15. The number of carbonyl (C=O) groups is 3. The number of hydrogen-bond acceptors (Lipinski definition) is 4. The van der Waals surface area contributed by atoms with Crippen LogP contribution in [0.2, 0.25) is 5.02 Å². The summed E-state index contributed by atoms with van der Waals surface area (Å²) in [5, 5.41) is 4.76. The lowest BCUT2D eigenvalue weighted by atomic mass is 10.2. The van der Waals surface area contributed by atoms with Gasteiger partial charge in [0.15, 0.2) is 6.61 Å². The number of hydrogen-bond donors (Lipinski definition) is 2. The molecule has 0 radical (unpaired) electrons. The number of rotatable bonds is 6. The lowest BCUT2D eigenvalue weighted by molar-refractivity contribution is -0.130. The third kappa shape index (κ3) is 5.00. The van der Waals surface area contributed by atoms with E-state index in [2.05, 4.69) is 15.4 Å². The average Bonchev–Trinajstić information content (AvgIpc) is 2.45. The Balaban J connectivity index is 2.54. The summed E-state index contributed by atoms with van der Waals surface area (Å²) in [4.78, 5) is 34.7. The van der Waals surface area contributed by atoms with Crippen molar-refractivity contribution in [3.8, 4) is 0 Å². The lowest BCUT2D eigenvalue weighted by Crippen LogP contribution is -2.46. The van der Waals surface area contributed by atoms with Gasteiger partial charge in [0.25, 0.3) is 5.91 Å². The van der Waals surface area contributed by atoms with Gasteiger partial charge >= 0.3 is 5.97 Å². The number of likely N-dealkylation sites (N-methyl/N-ethyl adjacent to an activating group) is 1. The SMILES string of the molecule is CCNC(=O)[C@@H](C)NC(=O)COC(=O)c1c(F)cccc1Cl. The summed E-state index contributed by atoms with van der Waals surface area (Å²) in [5.74, 6) is -2.93. The molecule has 8 heteroatoms. The summed E-state index contributed by atoms with van der Waals surface area (Å²) in [6, 6.07) is 2.95. The molecule has 0 aromatic heterocycles. The quantitative estimate of drug-likeness (QED) is 0.769. The van der Waals surface area contributed by atoms with Gasteiger partial charge < -0.3 is 15.4 Å². The zero-order chi connectivity index (χ0) is 16.7. The summed E-state index contributed by atoms with van der Waals surface area (Å²) in [7, 11) is 0. The van der Waals surface area contributed by atoms with Crippen molar-refractivity contribution in [1.29, 1.82) is 0 Å². The van der Waals surface area contributed by atoms with Gasteiger partial charge in [-0.15, -0.1) is 0 Å². The highest BCUT2D eigenvalue weighted by molar-refractivity contribution is 6.33. The molecule has 0 saturated carbocycles. The number of benzene rings is 1.